The molecule has 0 bridgehead atoms. The topological polar surface area (TPSA) is 72.0 Å². The van der Waals surface area contributed by atoms with Gasteiger partial charge < -0.3 is 14.4 Å². The summed E-state index contributed by atoms with van der Waals surface area (Å²) >= 11 is 1.45. The Morgan fingerprint density at radius 2 is 1.71 bits per heavy atom. The minimum Gasteiger partial charge on any atom is -0.383 e. The van der Waals surface area contributed by atoms with Crippen molar-refractivity contribution in [3.63, 3.8) is 0 Å². The lowest BCUT2D eigenvalue weighted by Crippen LogP contribution is -2.37. The zero-order valence-corrected chi connectivity index (χ0v) is 16.8. The van der Waals surface area contributed by atoms with Gasteiger partial charge in [0, 0.05) is 44.6 Å². The molecule has 8 heteroatoms. The Morgan fingerprint density at radius 1 is 1.04 bits per heavy atom. The Hall–Kier alpha value is -2.55. The zero-order chi connectivity index (χ0) is 19.9. The summed E-state index contributed by atoms with van der Waals surface area (Å²) in [6.45, 7) is 2.08. The quantitative estimate of drug-likeness (QED) is 0.567. The van der Waals surface area contributed by atoms with Crippen molar-refractivity contribution in [1.29, 1.82) is 0 Å². The molecule has 2 amide bonds. The molecule has 0 saturated carbocycles. The first kappa shape index (κ1) is 20.2. The van der Waals surface area contributed by atoms with Gasteiger partial charge in [-0.2, -0.15) is 0 Å². The lowest BCUT2D eigenvalue weighted by atomic mass is 10.1. The van der Waals surface area contributed by atoms with E-state index in [4.69, 9.17) is 9.47 Å². The number of ether oxygens (including phenoxy) is 2. The molecule has 0 N–H and O–H groups in total. The number of hydrogen-bond acceptors (Lipinski definition) is 7. The van der Waals surface area contributed by atoms with Gasteiger partial charge in [0.05, 0.1) is 25.3 Å². The Bertz CT molecular complexity index is 828. The predicted molar refractivity (Wildman–Crippen MR) is 106 cm³/mol. The van der Waals surface area contributed by atoms with Crippen LogP contribution in [0.3, 0.4) is 0 Å². The van der Waals surface area contributed by atoms with Crippen LogP contribution in [0.4, 0.5) is 0 Å². The summed E-state index contributed by atoms with van der Waals surface area (Å²) in [4.78, 5) is 34.5. The number of thiophene rings is 1. The van der Waals surface area contributed by atoms with Crippen LogP contribution in [0, 0.1) is 0 Å². The van der Waals surface area contributed by atoms with Gasteiger partial charge in [-0.05, 0) is 29.1 Å². The number of nitrogens with zero attached hydrogens (tertiary/aromatic N) is 3. The zero-order valence-electron chi connectivity index (χ0n) is 16.0. The first-order valence-electron chi connectivity index (χ1n) is 8.93. The monoisotopic (exact) mass is 401 g/mol. The molecule has 1 aliphatic heterocycles. The second kappa shape index (κ2) is 9.59. The molecule has 148 valence electrons. The molecule has 0 aromatic carbocycles. The molecular weight excluding hydrogens is 378 g/mol. The molecule has 3 rings (SSSR count). The van der Waals surface area contributed by atoms with E-state index in [0.29, 0.717) is 37.6 Å². The lowest BCUT2D eigenvalue weighted by Gasteiger charge is -2.25. The van der Waals surface area contributed by atoms with E-state index in [1.807, 2.05) is 22.4 Å². The van der Waals surface area contributed by atoms with E-state index in [-0.39, 0.29) is 18.4 Å². The smallest absolute Gasteiger partial charge is 0.278 e. The second-order valence-electron chi connectivity index (χ2n) is 6.23. The predicted octanol–water partition coefficient (Wildman–Crippen LogP) is 2.02. The number of carbonyl (C=O) groups is 2. The average Bonchev–Trinajstić information content (AvgIpc) is 3.32. The van der Waals surface area contributed by atoms with Gasteiger partial charge >= 0.3 is 0 Å². The van der Waals surface area contributed by atoms with Gasteiger partial charge in [-0.25, -0.2) is 0 Å². The standard InChI is InChI=1S/C20H23N3O4S/c1-26-11-9-22(10-12-27-2)18-17(16-4-3-13-28-16)19(24)23(20(18)25)14-15-5-7-21-8-6-15/h3-8,13H,9-12,14H2,1-2H3. The van der Waals surface area contributed by atoms with Crippen LogP contribution in [-0.4, -0.2) is 67.1 Å². The van der Waals surface area contributed by atoms with Crippen molar-refractivity contribution in [2.75, 3.05) is 40.5 Å². The maximum Gasteiger partial charge on any atom is 0.278 e. The first-order chi connectivity index (χ1) is 13.7. The number of carbonyl (C=O) groups excluding carboxylic acids is 2. The van der Waals surface area contributed by atoms with E-state index in [0.717, 1.165) is 10.4 Å². The van der Waals surface area contributed by atoms with Crippen LogP contribution in [0.15, 0.2) is 47.7 Å². The molecule has 0 spiro atoms. The average molecular weight is 401 g/mol. The summed E-state index contributed by atoms with van der Waals surface area (Å²) < 4.78 is 10.4. The minimum absolute atomic E-state index is 0.209. The molecule has 0 unspecified atom stereocenters. The van der Waals surface area contributed by atoms with Crippen molar-refractivity contribution >= 4 is 28.7 Å². The van der Waals surface area contributed by atoms with Crippen molar-refractivity contribution < 1.29 is 19.1 Å². The van der Waals surface area contributed by atoms with Crippen molar-refractivity contribution in [3.05, 3.63) is 58.2 Å². The summed E-state index contributed by atoms with van der Waals surface area (Å²) in [6.07, 6.45) is 3.30. The highest BCUT2D eigenvalue weighted by Gasteiger charge is 2.41. The third-order valence-electron chi connectivity index (χ3n) is 4.45. The Balaban J connectivity index is 1.98. The first-order valence-corrected chi connectivity index (χ1v) is 9.81. The van der Waals surface area contributed by atoms with Crippen LogP contribution < -0.4 is 0 Å². The number of imide groups is 1. The number of rotatable bonds is 10. The number of amides is 2. The number of hydrogen-bond donors (Lipinski definition) is 0. The SMILES string of the molecule is COCCN(CCOC)C1=C(c2cccs2)C(=O)N(Cc2ccncc2)C1=O. The van der Waals surface area contributed by atoms with E-state index in [1.165, 1.54) is 16.2 Å². The fourth-order valence-corrected chi connectivity index (χ4v) is 3.81. The molecule has 2 aromatic heterocycles. The molecule has 28 heavy (non-hydrogen) atoms. The summed E-state index contributed by atoms with van der Waals surface area (Å²) in [7, 11) is 3.22. The van der Waals surface area contributed by atoms with Crippen LogP contribution in [0.25, 0.3) is 5.57 Å². The Morgan fingerprint density at radius 3 is 2.29 bits per heavy atom. The van der Waals surface area contributed by atoms with Crippen LogP contribution >= 0.6 is 11.3 Å². The van der Waals surface area contributed by atoms with Gasteiger partial charge in [0.1, 0.15) is 5.70 Å². The van der Waals surface area contributed by atoms with E-state index in [9.17, 15) is 9.59 Å². The van der Waals surface area contributed by atoms with Gasteiger partial charge in [-0.15, -0.1) is 11.3 Å². The summed E-state index contributed by atoms with van der Waals surface area (Å²) in [5.74, 6) is -0.573. The molecule has 2 aromatic rings. The molecule has 7 nitrogen and oxygen atoms in total. The van der Waals surface area contributed by atoms with E-state index >= 15 is 0 Å². The van der Waals surface area contributed by atoms with Gasteiger partial charge in [0.25, 0.3) is 11.8 Å². The fourth-order valence-electron chi connectivity index (χ4n) is 3.05. The largest absolute Gasteiger partial charge is 0.383 e. The number of pyridine rings is 1. The van der Waals surface area contributed by atoms with Crippen LogP contribution in [-0.2, 0) is 25.6 Å². The molecule has 3 heterocycles. The Labute approximate surface area is 168 Å². The molecule has 0 fully saturated rings. The Kier molecular flexibility index (Phi) is 6.91. The van der Waals surface area contributed by atoms with Crippen molar-refractivity contribution in [3.8, 4) is 0 Å². The number of aromatic nitrogens is 1. The van der Waals surface area contributed by atoms with E-state index < -0.39 is 0 Å². The number of methoxy groups -OCH3 is 2. The van der Waals surface area contributed by atoms with Gasteiger partial charge in [0.2, 0.25) is 0 Å². The highest BCUT2D eigenvalue weighted by atomic mass is 32.1. The normalized spacial score (nSPS) is 14.3. The maximum atomic E-state index is 13.3. The molecule has 0 radical (unpaired) electrons. The molecule has 0 aliphatic carbocycles. The van der Waals surface area contributed by atoms with Crippen LogP contribution in [0.2, 0.25) is 0 Å². The third kappa shape index (κ3) is 4.30. The van der Waals surface area contributed by atoms with Crippen LogP contribution in [0.1, 0.15) is 10.4 Å². The molecule has 0 saturated heterocycles. The highest BCUT2D eigenvalue weighted by molar-refractivity contribution is 7.11. The lowest BCUT2D eigenvalue weighted by molar-refractivity contribution is -0.138. The minimum atomic E-state index is -0.294. The van der Waals surface area contributed by atoms with Crippen molar-refractivity contribution in [2.24, 2.45) is 0 Å². The third-order valence-corrected chi connectivity index (χ3v) is 5.34. The highest BCUT2D eigenvalue weighted by Crippen LogP contribution is 2.34. The summed E-state index contributed by atoms with van der Waals surface area (Å²) in [5, 5.41) is 1.90. The molecular formula is C20H23N3O4S. The van der Waals surface area contributed by atoms with E-state index in [1.54, 1.807) is 38.7 Å². The maximum absolute atomic E-state index is 13.3. The van der Waals surface area contributed by atoms with Gasteiger partial charge in [-0.3, -0.25) is 19.5 Å². The van der Waals surface area contributed by atoms with Gasteiger partial charge in [-0.1, -0.05) is 6.07 Å². The second-order valence-corrected chi connectivity index (χ2v) is 7.17. The summed E-state index contributed by atoms with van der Waals surface area (Å²) in [6, 6.07) is 7.35. The summed E-state index contributed by atoms with van der Waals surface area (Å²) in [5.41, 5.74) is 1.71. The van der Waals surface area contributed by atoms with Crippen molar-refractivity contribution in [1.82, 2.24) is 14.8 Å². The van der Waals surface area contributed by atoms with Crippen molar-refractivity contribution in [2.45, 2.75) is 6.54 Å². The molecule has 1 aliphatic rings. The van der Waals surface area contributed by atoms with Crippen LogP contribution in [0.5, 0.6) is 0 Å². The molecule has 0 atom stereocenters. The van der Waals surface area contributed by atoms with E-state index in [2.05, 4.69) is 4.98 Å². The van der Waals surface area contributed by atoms with Gasteiger partial charge in [0.15, 0.2) is 0 Å². The fraction of sp³-hybridized carbons (Fsp3) is 0.350.